The zero-order valence-corrected chi connectivity index (χ0v) is 11.7. The van der Waals surface area contributed by atoms with E-state index in [-0.39, 0.29) is 17.2 Å². The Hall–Kier alpha value is -1.93. The van der Waals surface area contributed by atoms with Crippen molar-refractivity contribution in [1.29, 1.82) is 0 Å². The number of fused-ring (bicyclic) bond motifs is 1. The number of anilines is 1. The zero-order chi connectivity index (χ0) is 15.1. The van der Waals surface area contributed by atoms with Crippen molar-refractivity contribution in [1.82, 2.24) is 4.72 Å². The topological polar surface area (TPSA) is 113 Å². The van der Waals surface area contributed by atoms with Crippen LogP contribution in [-0.4, -0.2) is 30.9 Å². The summed E-state index contributed by atoms with van der Waals surface area (Å²) in [6, 6.07) is 4.18. The van der Waals surface area contributed by atoms with Crippen molar-refractivity contribution in [3.05, 3.63) is 23.8 Å². The molecule has 0 aliphatic carbocycles. The summed E-state index contributed by atoms with van der Waals surface area (Å²) < 4.78 is 26.4. The molecule has 0 radical (unpaired) electrons. The van der Waals surface area contributed by atoms with Crippen molar-refractivity contribution in [2.45, 2.75) is 30.7 Å². The first kappa shape index (κ1) is 14.5. The van der Waals surface area contributed by atoms with E-state index >= 15 is 0 Å². The molecule has 0 spiro atoms. The predicted octanol–water partition coefficient (Wildman–Crippen LogP) is 0.323. The van der Waals surface area contributed by atoms with Crippen molar-refractivity contribution < 1.29 is 23.1 Å². The predicted molar refractivity (Wildman–Crippen MR) is 70.8 cm³/mol. The quantitative estimate of drug-likeness (QED) is 0.741. The summed E-state index contributed by atoms with van der Waals surface area (Å²) in [6.07, 6.45) is 0.112. The van der Waals surface area contributed by atoms with Crippen LogP contribution < -0.4 is 10.0 Å². The number of carboxylic acid groups (broad SMARTS) is 1. The third-order valence-electron chi connectivity index (χ3n) is 2.94. The molecule has 1 aromatic carbocycles. The van der Waals surface area contributed by atoms with Crippen molar-refractivity contribution in [2.24, 2.45) is 0 Å². The minimum Gasteiger partial charge on any atom is -0.480 e. The number of rotatable bonds is 4. The number of carbonyl (C=O) groups excluding carboxylic acids is 1. The highest BCUT2D eigenvalue weighted by Crippen LogP contribution is 2.26. The van der Waals surface area contributed by atoms with Gasteiger partial charge in [0.1, 0.15) is 5.54 Å². The van der Waals surface area contributed by atoms with Gasteiger partial charge in [-0.3, -0.25) is 9.59 Å². The number of aliphatic carboxylic acids is 1. The Morgan fingerprint density at radius 2 is 2.05 bits per heavy atom. The third kappa shape index (κ3) is 2.66. The Morgan fingerprint density at radius 3 is 2.65 bits per heavy atom. The molecule has 0 unspecified atom stereocenters. The van der Waals surface area contributed by atoms with Gasteiger partial charge in [-0.25, -0.2) is 8.42 Å². The number of amides is 1. The van der Waals surface area contributed by atoms with Gasteiger partial charge in [-0.15, -0.1) is 0 Å². The van der Waals surface area contributed by atoms with Gasteiger partial charge < -0.3 is 10.4 Å². The van der Waals surface area contributed by atoms with E-state index in [4.69, 9.17) is 5.11 Å². The highest BCUT2D eigenvalue weighted by Gasteiger charge is 2.33. The van der Waals surface area contributed by atoms with Crippen LogP contribution in [0.5, 0.6) is 0 Å². The number of sulfonamides is 1. The number of carbonyl (C=O) groups is 2. The molecule has 20 heavy (non-hydrogen) atoms. The summed E-state index contributed by atoms with van der Waals surface area (Å²) in [5, 5.41) is 11.6. The molecule has 0 atom stereocenters. The molecule has 2 rings (SSSR count). The Labute approximate surface area is 116 Å². The Bertz CT molecular complexity index is 694. The van der Waals surface area contributed by atoms with Gasteiger partial charge in [0.2, 0.25) is 15.9 Å². The first-order valence-electron chi connectivity index (χ1n) is 5.82. The van der Waals surface area contributed by atoms with Gasteiger partial charge in [0.25, 0.3) is 0 Å². The second kappa shape index (κ2) is 4.57. The Kier molecular flexibility index (Phi) is 3.31. The summed E-state index contributed by atoms with van der Waals surface area (Å²) >= 11 is 0. The normalized spacial score (nSPS) is 14.8. The SMILES string of the molecule is CC(C)(NS(=O)(=O)c1ccc2c(c1)CC(=O)N2)C(=O)O. The molecule has 1 amide bonds. The molecular weight excluding hydrogens is 284 g/mol. The maximum atomic E-state index is 12.2. The first-order chi connectivity index (χ1) is 9.12. The standard InChI is InChI=1S/C12H14N2O5S/c1-12(2,11(16)17)14-20(18,19)8-3-4-9-7(5-8)6-10(15)13-9/h3-5,14H,6H2,1-2H3,(H,13,15)(H,16,17). The van der Waals surface area contributed by atoms with Gasteiger partial charge in [-0.1, -0.05) is 0 Å². The highest BCUT2D eigenvalue weighted by atomic mass is 32.2. The van der Waals surface area contributed by atoms with Crippen LogP contribution in [0.25, 0.3) is 0 Å². The molecule has 1 aliphatic heterocycles. The van der Waals surface area contributed by atoms with E-state index in [1.807, 2.05) is 0 Å². The summed E-state index contributed by atoms with van der Waals surface area (Å²) in [6.45, 7) is 2.51. The summed E-state index contributed by atoms with van der Waals surface area (Å²) in [5.74, 6) is -1.48. The number of benzene rings is 1. The largest absolute Gasteiger partial charge is 0.480 e. The molecule has 7 nitrogen and oxygen atoms in total. The van der Waals surface area contributed by atoms with Crippen LogP contribution in [0.15, 0.2) is 23.1 Å². The van der Waals surface area contributed by atoms with Crippen LogP contribution >= 0.6 is 0 Å². The van der Waals surface area contributed by atoms with E-state index in [1.165, 1.54) is 32.0 Å². The van der Waals surface area contributed by atoms with Crippen LogP contribution in [-0.2, 0) is 26.0 Å². The number of hydrogen-bond acceptors (Lipinski definition) is 4. The van der Waals surface area contributed by atoms with Gasteiger partial charge in [-0.05, 0) is 37.6 Å². The molecule has 0 saturated carbocycles. The monoisotopic (exact) mass is 298 g/mol. The second-order valence-electron chi connectivity index (χ2n) is 5.08. The molecular formula is C12H14N2O5S. The Morgan fingerprint density at radius 1 is 1.40 bits per heavy atom. The lowest BCUT2D eigenvalue weighted by atomic mass is 10.1. The van der Waals surface area contributed by atoms with Crippen molar-refractivity contribution >= 4 is 27.6 Å². The van der Waals surface area contributed by atoms with Crippen LogP contribution in [0, 0.1) is 0 Å². The molecule has 1 aromatic rings. The minimum absolute atomic E-state index is 0.0675. The van der Waals surface area contributed by atoms with Gasteiger partial charge >= 0.3 is 5.97 Å². The summed E-state index contributed by atoms with van der Waals surface area (Å²) in [4.78, 5) is 22.1. The third-order valence-corrected chi connectivity index (χ3v) is 4.59. The molecule has 1 heterocycles. The second-order valence-corrected chi connectivity index (χ2v) is 6.76. The molecule has 108 valence electrons. The van der Waals surface area contributed by atoms with Gasteiger partial charge in [0.15, 0.2) is 0 Å². The lowest BCUT2D eigenvalue weighted by molar-refractivity contribution is -0.142. The van der Waals surface area contributed by atoms with E-state index in [0.29, 0.717) is 11.3 Å². The molecule has 0 fully saturated rings. The fourth-order valence-corrected chi connectivity index (χ4v) is 3.23. The van der Waals surface area contributed by atoms with Crippen LogP contribution in [0.4, 0.5) is 5.69 Å². The molecule has 0 bridgehead atoms. The first-order valence-corrected chi connectivity index (χ1v) is 7.30. The smallest absolute Gasteiger partial charge is 0.324 e. The average Bonchev–Trinajstić information content (AvgIpc) is 2.66. The van der Waals surface area contributed by atoms with Gasteiger partial charge in [0, 0.05) is 5.69 Å². The molecule has 0 aromatic heterocycles. The van der Waals surface area contributed by atoms with Crippen LogP contribution in [0.3, 0.4) is 0 Å². The van der Waals surface area contributed by atoms with Gasteiger partial charge in [0.05, 0.1) is 11.3 Å². The lowest BCUT2D eigenvalue weighted by Crippen LogP contribution is -2.49. The number of carboxylic acids is 1. The van der Waals surface area contributed by atoms with E-state index in [9.17, 15) is 18.0 Å². The average molecular weight is 298 g/mol. The van der Waals surface area contributed by atoms with Crippen molar-refractivity contribution in [3.8, 4) is 0 Å². The van der Waals surface area contributed by atoms with E-state index in [0.717, 1.165) is 0 Å². The molecule has 0 saturated heterocycles. The molecule has 3 N–H and O–H groups in total. The van der Waals surface area contributed by atoms with E-state index < -0.39 is 21.5 Å². The molecule has 1 aliphatic rings. The number of hydrogen-bond donors (Lipinski definition) is 3. The summed E-state index contributed by atoms with van der Waals surface area (Å²) in [7, 11) is -3.97. The Balaban J connectivity index is 2.34. The number of nitrogens with one attached hydrogen (secondary N) is 2. The fraction of sp³-hybridized carbons (Fsp3) is 0.333. The lowest BCUT2D eigenvalue weighted by Gasteiger charge is -2.21. The highest BCUT2D eigenvalue weighted by molar-refractivity contribution is 7.89. The minimum atomic E-state index is -3.97. The zero-order valence-electron chi connectivity index (χ0n) is 10.9. The van der Waals surface area contributed by atoms with E-state index in [1.54, 1.807) is 0 Å². The van der Waals surface area contributed by atoms with Crippen molar-refractivity contribution in [3.63, 3.8) is 0 Å². The van der Waals surface area contributed by atoms with Crippen LogP contribution in [0.1, 0.15) is 19.4 Å². The molecule has 8 heteroatoms. The maximum absolute atomic E-state index is 12.2. The summed E-state index contributed by atoms with van der Waals surface area (Å²) in [5.41, 5.74) is -0.469. The van der Waals surface area contributed by atoms with E-state index in [2.05, 4.69) is 10.0 Å². The fourth-order valence-electron chi connectivity index (χ4n) is 1.81. The van der Waals surface area contributed by atoms with Gasteiger partial charge in [-0.2, -0.15) is 4.72 Å². The van der Waals surface area contributed by atoms with Crippen LogP contribution in [0.2, 0.25) is 0 Å². The maximum Gasteiger partial charge on any atom is 0.324 e. The van der Waals surface area contributed by atoms with Crippen molar-refractivity contribution in [2.75, 3.05) is 5.32 Å².